The molecule has 15 nitrogen and oxygen atoms in total. The van der Waals surface area contributed by atoms with Crippen molar-refractivity contribution in [3.8, 4) is 17.5 Å². The van der Waals surface area contributed by atoms with E-state index >= 15 is 0 Å². The molecule has 1 aromatic carbocycles. The lowest BCUT2D eigenvalue weighted by molar-refractivity contribution is -0.142. The fourth-order valence-electron chi connectivity index (χ4n) is 7.81. The van der Waals surface area contributed by atoms with Crippen molar-refractivity contribution in [3.05, 3.63) is 36.4 Å². The highest BCUT2D eigenvalue weighted by Gasteiger charge is 2.63. The molecular weight excluding hydrogens is 803 g/mol. The number of ether oxygens (including phenoxy) is 4. The highest BCUT2D eigenvalue weighted by atomic mass is 32.2. The van der Waals surface area contributed by atoms with Crippen molar-refractivity contribution in [2.24, 2.45) is 17.8 Å². The summed E-state index contributed by atoms with van der Waals surface area (Å²) in [6.45, 7) is 20.9. The molecule has 7 atom stereocenters. The highest BCUT2D eigenvalue weighted by Crippen LogP contribution is 2.47. The molecule has 2 aliphatic heterocycles. The maximum Gasteiger partial charge on any atom is 0.408 e. The Morgan fingerprint density at radius 1 is 1.07 bits per heavy atom. The minimum Gasteiger partial charge on any atom is -0.497 e. The zero-order valence-corrected chi connectivity index (χ0v) is 39.0. The van der Waals surface area contributed by atoms with E-state index in [1.165, 1.54) is 4.90 Å². The average molecular weight is 878 g/mol. The molecule has 4 amide bonds. The Kier molecular flexibility index (Phi) is 16.1. The highest BCUT2D eigenvalue weighted by molar-refractivity contribution is 7.91. The van der Waals surface area contributed by atoms with Gasteiger partial charge in [-0.1, -0.05) is 53.7 Å². The van der Waals surface area contributed by atoms with Gasteiger partial charge in [0, 0.05) is 28.1 Å². The second-order valence-electron chi connectivity index (χ2n) is 17.4. The van der Waals surface area contributed by atoms with Crippen molar-refractivity contribution in [2.75, 3.05) is 20.3 Å². The summed E-state index contributed by atoms with van der Waals surface area (Å²) >= 11 is 0. The van der Waals surface area contributed by atoms with Gasteiger partial charge in [0.15, 0.2) is 0 Å². The van der Waals surface area contributed by atoms with Gasteiger partial charge < -0.3 is 34.5 Å². The lowest BCUT2D eigenvalue weighted by Gasteiger charge is -2.33. The Balaban J connectivity index is 0.00000284. The Labute approximate surface area is 366 Å². The molecule has 3 N–H and O–H groups in total. The van der Waals surface area contributed by atoms with Crippen molar-refractivity contribution in [1.29, 1.82) is 0 Å². The molecule has 0 radical (unpaired) electrons. The van der Waals surface area contributed by atoms with Crippen LogP contribution in [0.15, 0.2) is 36.4 Å². The van der Waals surface area contributed by atoms with Crippen LogP contribution >= 0.6 is 0 Å². The number of pyridine rings is 1. The minimum absolute atomic E-state index is 0. The number of hydrogen-bond donors (Lipinski definition) is 3. The number of amides is 4. The quantitative estimate of drug-likeness (QED) is 0.211. The second-order valence-corrected chi connectivity index (χ2v) is 19.6. The topological polar surface area (TPSA) is 192 Å². The summed E-state index contributed by atoms with van der Waals surface area (Å²) in [5.74, 6) is -1.49. The first kappa shape index (κ1) is 49.1. The van der Waals surface area contributed by atoms with Gasteiger partial charge in [0.05, 0.1) is 25.0 Å². The van der Waals surface area contributed by atoms with Crippen LogP contribution < -0.4 is 29.6 Å². The normalized spacial score (nSPS) is 27.6. The Morgan fingerprint density at radius 3 is 2.38 bits per heavy atom. The molecule has 61 heavy (non-hydrogen) atoms. The van der Waals surface area contributed by atoms with Crippen molar-refractivity contribution in [3.63, 3.8) is 0 Å². The van der Waals surface area contributed by atoms with Gasteiger partial charge in [0.2, 0.25) is 33.6 Å². The molecule has 4 aliphatic rings. The van der Waals surface area contributed by atoms with Gasteiger partial charge in [-0.15, -0.1) is 0 Å². The van der Waals surface area contributed by atoms with E-state index in [-0.39, 0.29) is 41.4 Å². The second kappa shape index (κ2) is 20.1. The largest absolute Gasteiger partial charge is 0.497 e. The summed E-state index contributed by atoms with van der Waals surface area (Å²) in [6.07, 6.45) is 5.36. The van der Waals surface area contributed by atoms with Gasteiger partial charge in [0.25, 0.3) is 5.91 Å². The van der Waals surface area contributed by atoms with Gasteiger partial charge in [0.1, 0.15) is 35.1 Å². The lowest BCUT2D eigenvalue weighted by Crippen LogP contribution is -2.59. The summed E-state index contributed by atoms with van der Waals surface area (Å²) in [6, 6.07) is 4.95. The number of fused-ring (bicyclic) bond motifs is 3. The summed E-state index contributed by atoms with van der Waals surface area (Å²) in [5.41, 5.74) is -2.38. The Morgan fingerprint density at radius 2 is 1.75 bits per heavy atom. The minimum atomic E-state index is -4.01. The number of benzene rings is 1. The van der Waals surface area contributed by atoms with Gasteiger partial charge in [-0.2, -0.15) is 4.98 Å². The summed E-state index contributed by atoms with van der Waals surface area (Å²) < 4.78 is 51.0. The van der Waals surface area contributed by atoms with Crippen LogP contribution in [0.1, 0.15) is 125 Å². The molecule has 1 saturated heterocycles. The molecule has 6 rings (SSSR count). The van der Waals surface area contributed by atoms with E-state index < -0.39 is 73.8 Å². The van der Waals surface area contributed by atoms with Crippen molar-refractivity contribution < 1.29 is 50.8 Å². The van der Waals surface area contributed by atoms with Crippen LogP contribution in [0.2, 0.25) is 0 Å². The first-order valence-electron chi connectivity index (χ1n) is 21.9. The van der Waals surface area contributed by atoms with E-state index in [1.54, 1.807) is 53.0 Å². The van der Waals surface area contributed by atoms with Crippen molar-refractivity contribution in [2.45, 2.75) is 155 Å². The SMILES string of the molecule is CC.CC.CCOc1cc2cc(OC)ccc2c(O[C@@H]2C[C@H]3C(=O)N[C@]4(C(=O)NS(=O)(=O)C5(C)CC5)C[C@H]4/C=C\CC[C@H](C)C[C@@H](C)[C@H](NC(=O)OC(C)(C)C)C(=O)N3C2)n1.[HH].[HH].[HH]. The van der Waals surface area contributed by atoms with E-state index in [4.69, 9.17) is 18.9 Å². The Bertz CT molecular complexity index is 2050. The standard InChI is InChI=1S/C41H57N5O10S.2C2H6.3H2/c1-9-54-32-20-26-19-28(53-8)14-15-30(26)35(42-32)55-29-21-31-34(47)44-41(37(49)45-57(51,52)40(7)16-17-40)22-27(41)13-11-10-12-24(2)18-25(3)33(36(48)46(31)23-29)43-38(50)56-39(4,5)6;2*1-2;;;/h11,13-15,19-20,24-25,27,29,31,33H,9-10,12,16-18,21-23H2,1-8H3,(H,43,50)(H,44,47)(H,45,49);2*1-2H3;3*1H/b13-11-;;;;;/t24-,25+,27+,29+,31-,33-,41+;;;;;/m0...../s1. The van der Waals surface area contributed by atoms with Gasteiger partial charge in [-0.3, -0.25) is 19.1 Å². The number of allylic oxidation sites excluding steroid dienone is 1. The lowest BCUT2D eigenvalue weighted by atomic mass is 9.88. The molecule has 346 valence electrons. The number of nitrogens with zero attached hydrogens (tertiary/aromatic N) is 2. The van der Waals surface area contributed by atoms with Crippen LogP contribution in [0.5, 0.6) is 17.5 Å². The van der Waals surface area contributed by atoms with Crippen LogP contribution in [0.3, 0.4) is 0 Å². The molecule has 0 bridgehead atoms. The third kappa shape index (κ3) is 11.7. The number of rotatable bonds is 9. The third-order valence-corrected chi connectivity index (χ3v) is 13.6. The van der Waals surface area contributed by atoms with E-state index in [0.717, 1.165) is 11.8 Å². The number of carbonyl (C=O) groups excluding carboxylic acids is 4. The monoisotopic (exact) mass is 878 g/mol. The van der Waals surface area contributed by atoms with Gasteiger partial charge in [-0.25, -0.2) is 13.2 Å². The van der Waals surface area contributed by atoms with E-state index in [1.807, 2.05) is 59.8 Å². The summed E-state index contributed by atoms with van der Waals surface area (Å²) in [5, 5.41) is 7.11. The molecule has 0 unspecified atom stereocenters. The Hall–Kier alpha value is -4.60. The average Bonchev–Trinajstić information content (AvgIpc) is 4.09. The maximum absolute atomic E-state index is 14.9. The van der Waals surface area contributed by atoms with Gasteiger partial charge >= 0.3 is 6.09 Å². The molecule has 2 aromatic rings. The van der Waals surface area contributed by atoms with E-state index in [0.29, 0.717) is 49.3 Å². The molecule has 0 spiro atoms. The predicted molar refractivity (Wildman–Crippen MR) is 241 cm³/mol. The zero-order chi connectivity index (χ0) is 45.5. The van der Waals surface area contributed by atoms with Gasteiger partial charge in [-0.05, 0) is 109 Å². The molecular formula is C45H75N5O10S. The summed E-state index contributed by atoms with van der Waals surface area (Å²) in [7, 11) is -2.45. The number of alkyl carbamates (subject to hydrolysis) is 1. The molecule has 3 fully saturated rings. The van der Waals surface area contributed by atoms with Crippen molar-refractivity contribution in [1.82, 2.24) is 25.2 Å². The van der Waals surface area contributed by atoms with Crippen LogP contribution in [0, 0.1) is 17.8 Å². The van der Waals surface area contributed by atoms with Crippen LogP contribution in [0.4, 0.5) is 4.79 Å². The number of carbonyl (C=O) groups is 4. The molecule has 1 aromatic heterocycles. The number of nitrogens with one attached hydrogen (secondary N) is 3. The number of sulfonamides is 1. The zero-order valence-electron chi connectivity index (χ0n) is 38.2. The van der Waals surface area contributed by atoms with Crippen LogP contribution in [-0.4, -0.2) is 96.5 Å². The van der Waals surface area contributed by atoms with Crippen LogP contribution in [-0.2, 0) is 29.1 Å². The first-order chi connectivity index (χ1) is 28.8. The molecule has 2 aliphatic carbocycles. The van der Waals surface area contributed by atoms with E-state index in [2.05, 4.69) is 27.3 Å². The predicted octanol–water partition coefficient (Wildman–Crippen LogP) is 7.56. The fourth-order valence-corrected chi connectivity index (χ4v) is 9.12. The fraction of sp³-hybridized carbons (Fsp3) is 0.667. The number of hydrogen-bond acceptors (Lipinski definition) is 11. The molecule has 16 heteroatoms. The first-order valence-corrected chi connectivity index (χ1v) is 23.4. The molecule has 2 saturated carbocycles. The summed E-state index contributed by atoms with van der Waals surface area (Å²) in [4.78, 5) is 62.7. The maximum atomic E-state index is 14.9. The van der Waals surface area contributed by atoms with E-state index in [9.17, 15) is 27.6 Å². The number of methoxy groups -OCH3 is 1. The third-order valence-electron chi connectivity index (χ3n) is 11.5. The van der Waals surface area contributed by atoms with Crippen LogP contribution in [0.25, 0.3) is 10.8 Å². The molecule has 3 heterocycles. The smallest absolute Gasteiger partial charge is 0.408 e. The van der Waals surface area contributed by atoms with Crippen molar-refractivity contribution >= 4 is 44.6 Å². The number of aromatic nitrogens is 1.